The molecular weight excluding hydrogens is 459 g/mol. The summed E-state index contributed by atoms with van der Waals surface area (Å²) in [5.41, 5.74) is 1.89. The monoisotopic (exact) mass is 478 g/mol. The van der Waals surface area contributed by atoms with E-state index in [4.69, 9.17) is 4.74 Å². The summed E-state index contributed by atoms with van der Waals surface area (Å²) >= 11 is 1.09. The van der Waals surface area contributed by atoms with E-state index in [0.717, 1.165) is 17.3 Å². The molecule has 9 nitrogen and oxygen atoms in total. The van der Waals surface area contributed by atoms with Gasteiger partial charge in [0.25, 0.3) is 0 Å². The number of benzene rings is 2. The van der Waals surface area contributed by atoms with Crippen molar-refractivity contribution in [2.24, 2.45) is 0 Å². The number of urea groups is 1. The number of imide groups is 1. The zero-order valence-electron chi connectivity index (χ0n) is 17.9. The van der Waals surface area contributed by atoms with Gasteiger partial charge in [-0.3, -0.25) is 19.7 Å². The average molecular weight is 479 g/mol. The van der Waals surface area contributed by atoms with Crippen molar-refractivity contribution in [3.05, 3.63) is 78.9 Å². The van der Waals surface area contributed by atoms with Crippen LogP contribution in [0.15, 0.2) is 78.2 Å². The normalized spacial score (nSPS) is 10.5. The highest BCUT2D eigenvalue weighted by Gasteiger charge is 2.18. The highest BCUT2D eigenvalue weighted by molar-refractivity contribution is 7.99. The summed E-state index contributed by atoms with van der Waals surface area (Å²) < 4.78 is 20.3. The number of aromatic nitrogens is 4. The van der Waals surface area contributed by atoms with Crippen LogP contribution >= 0.6 is 11.8 Å². The molecule has 2 N–H and O–H groups in total. The van der Waals surface area contributed by atoms with Crippen LogP contribution in [0.3, 0.4) is 0 Å². The topological polar surface area (TPSA) is 111 Å². The number of carbonyl (C=O) groups is 2. The lowest BCUT2D eigenvalue weighted by Gasteiger charge is -2.10. The van der Waals surface area contributed by atoms with Crippen LogP contribution in [0.25, 0.3) is 17.1 Å². The average Bonchev–Trinajstić information content (AvgIpc) is 3.28. The minimum absolute atomic E-state index is 0.0916. The van der Waals surface area contributed by atoms with Crippen molar-refractivity contribution in [2.75, 3.05) is 18.2 Å². The van der Waals surface area contributed by atoms with E-state index >= 15 is 0 Å². The fourth-order valence-electron chi connectivity index (χ4n) is 3.00. The van der Waals surface area contributed by atoms with Crippen LogP contribution in [0.2, 0.25) is 0 Å². The van der Waals surface area contributed by atoms with Gasteiger partial charge in [-0.2, -0.15) is 0 Å². The zero-order valence-corrected chi connectivity index (χ0v) is 18.8. The maximum Gasteiger partial charge on any atom is 0.325 e. The number of halogens is 1. The van der Waals surface area contributed by atoms with Crippen LogP contribution in [0.5, 0.6) is 5.75 Å². The number of methoxy groups -OCH3 is 1. The standard InChI is InChI=1S/C23H19FN6O3S/c1-33-19-8-4-17(5-9-19)26-22(32)27-20(31)14-34-23-29-28-21(15-10-12-25-13-11-15)30(23)18-6-2-16(24)3-7-18/h2-13H,14H2,1H3,(H2,26,27,31,32). The second-order valence-electron chi connectivity index (χ2n) is 6.87. The number of hydrogen-bond donors (Lipinski definition) is 2. The number of nitrogens with one attached hydrogen (secondary N) is 2. The Morgan fingerprint density at radius 2 is 1.71 bits per heavy atom. The van der Waals surface area contributed by atoms with Crippen LogP contribution in [-0.4, -0.2) is 44.5 Å². The largest absolute Gasteiger partial charge is 0.497 e. The SMILES string of the molecule is COc1ccc(NC(=O)NC(=O)CSc2nnc(-c3ccncc3)n2-c2ccc(F)cc2)cc1. The zero-order chi connectivity index (χ0) is 23.9. The van der Waals surface area contributed by atoms with Gasteiger partial charge in [0.15, 0.2) is 11.0 Å². The first kappa shape index (κ1) is 22.9. The maximum absolute atomic E-state index is 13.5. The highest BCUT2D eigenvalue weighted by Crippen LogP contribution is 2.27. The molecule has 0 saturated carbocycles. The van der Waals surface area contributed by atoms with E-state index in [0.29, 0.717) is 28.1 Å². The fraction of sp³-hybridized carbons (Fsp3) is 0.0870. The molecule has 3 amide bonds. The van der Waals surface area contributed by atoms with Crippen molar-refractivity contribution in [1.29, 1.82) is 0 Å². The molecule has 2 aromatic heterocycles. The van der Waals surface area contributed by atoms with E-state index in [1.54, 1.807) is 72.6 Å². The molecule has 0 bridgehead atoms. The lowest BCUT2D eigenvalue weighted by Crippen LogP contribution is -2.35. The number of anilines is 1. The highest BCUT2D eigenvalue weighted by atomic mass is 32.2. The molecule has 0 aliphatic rings. The Labute approximate surface area is 198 Å². The summed E-state index contributed by atoms with van der Waals surface area (Å²) in [4.78, 5) is 28.5. The molecule has 11 heteroatoms. The van der Waals surface area contributed by atoms with Gasteiger partial charge in [0.1, 0.15) is 11.6 Å². The second-order valence-corrected chi connectivity index (χ2v) is 7.82. The van der Waals surface area contributed by atoms with E-state index in [9.17, 15) is 14.0 Å². The predicted octanol–water partition coefficient (Wildman–Crippen LogP) is 3.92. The molecule has 0 unspecified atom stereocenters. The van der Waals surface area contributed by atoms with Crippen LogP contribution in [-0.2, 0) is 4.79 Å². The molecule has 0 radical (unpaired) electrons. The number of ether oxygens (including phenoxy) is 1. The third-order valence-electron chi connectivity index (χ3n) is 4.59. The first-order valence-corrected chi connectivity index (χ1v) is 11.0. The van der Waals surface area contributed by atoms with Gasteiger partial charge in [-0.1, -0.05) is 11.8 Å². The molecule has 0 atom stereocenters. The summed E-state index contributed by atoms with van der Waals surface area (Å²) in [6.45, 7) is 0. The van der Waals surface area contributed by atoms with Gasteiger partial charge in [0.05, 0.1) is 12.9 Å². The molecule has 0 spiro atoms. The lowest BCUT2D eigenvalue weighted by atomic mass is 10.2. The Kier molecular flexibility index (Phi) is 7.13. The number of hydrogen-bond acceptors (Lipinski definition) is 7. The molecule has 0 aliphatic heterocycles. The van der Waals surface area contributed by atoms with E-state index in [-0.39, 0.29) is 11.6 Å². The molecule has 0 fully saturated rings. The van der Waals surface area contributed by atoms with Crippen molar-refractivity contribution in [2.45, 2.75) is 5.16 Å². The molecule has 172 valence electrons. The summed E-state index contributed by atoms with van der Waals surface area (Å²) in [7, 11) is 1.54. The van der Waals surface area contributed by atoms with Gasteiger partial charge in [0, 0.05) is 29.3 Å². The van der Waals surface area contributed by atoms with Gasteiger partial charge in [0.2, 0.25) is 5.91 Å². The van der Waals surface area contributed by atoms with E-state index in [2.05, 4.69) is 25.8 Å². The number of amides is 3. The Morgan fingerprint density at radius 1 is 1.00 bits per heavy atom. The van der Waals surface area contributed by atoms with Crippen molar-refractivity contribution in [1.82, 2.24) is 25.1 Å². The first-order valence-electron chi connectivity index (χ1n) is 10.0. The number of thioether (sulfide) groups is 1. The minimum Gasteiger partial charge on any atom is -0.497 e. The Balaban J connectivity index is 1.45. The van der Waals surface area contributed by atoms with Gasteiger partial charge in [-0.25, -0.2) is 9.18 Å². The molecule has 2 heterocycles. The summed E-state index contributed by atoms with van der Waals surface area (Å²) in [6.07, 6.45) is 3.25. The smallest absolute Gasteiger partial charge is 0.325 e. The van der Waals surface area contributed by atoms with Gasteiger partial charge >= 0.3 is 6.03 Å². The lowest BCUT2D eigenvalue weighted by molar-refractivity contribution is -0.117. The van der Waals surface area contributed by atoms with Gasteiger partial charge in [-0.15, -0.1) is 10.2 Å². The third-order valence-corrected chi connectivity index (χ3v) is 5.52. The fourth-order valence-corrected chi connectivity index (χ4v) is 3.76. The van der Waals surface area contributed by atoms with Gasteiger partial charge in [-0.05, 0) is 60.7 Å². The van der Waals surface area contributed by atoms with E-state index in [1.165, 1.54) is 12.1 Å². The van der Waals surface area contributed by atoms with Crippen LogP contribution < -0.4 is 15.4 Å². The van der Waals surface area contributed by atoms with Crippen molar-refractivity contribution in [3.8, 4) is 22.8 Å². The molecule has 4 aromatic rings. The van der Waals surface area contributed by atoms with Crippen molar-refractivity contribution >= 4 is 29.4 Å². The van der Waals surface area contributed by atoms with Crippen molar-refractivity contribution < 1.29 is 18.7 Å². The third kappa shape index (κ3) is 5.56. The van der Waals surface area contributed by atoms with Crippen LogP contribution in [0, 0.1) is 5.82 Å². The number of nitrogens with zero attached hydrogens (tertiary/aromatic N) is 4. The predicted molar refractivity (Wildman–Crippen MR) is 125 cm³/mol. The molecule has 34 heavy (non-hydrogen) atoms. The first-order chi connectivity index (χ1) is 16.5. The molecule has 4 rings (SSSR count). The Morgan fingerprint density at radius 3 is 2.38 bits per heavy atom. The quantitative estimate of drug-likeness (QED) is 0.387. The molecular formula is C23H19FN6O3S. The molecule has 2 aromatic carbocycles. The van der Waals surface area contributed by atoms with E-state index in [1.807, 2.05) is 0 Å². The van der Waals surface area contributed by atoms with Gasteiger partial charge < -0.3 is 10.1 Å². The molecule has 0 aliphatic carbocycles. The maximum atomic E-state index is 13.5. The number of carbonyl (C=O) groups excluding carboxylic acids is 2. The summed E-state index contributed by atoms with van der Waals surface area (Å²) in [5, 5.41) is 13.7. The van der Waals surface area contributed by atoms with Crippen LogP contribution in [0.1, 0.15) is 0 Å². The Bertz CT molecular complexity index is 1280. The van der Waals surface area contributed by atoms with Crippen molar-refractivity contribution in [3.63, 3.8) is 0 Å². The minimum atomic E-state index is -0.659. The van der Waals surface area contributed by atoms with Crippen LogP contribution in [0.4, 0.5) is 14.9 Å². The van der Waals surface area contributed by atoms with E-state index < -0.39 is 11.9 Å². The second kappa shape index (κ2) is 10.6. The number of pyridine rings is 1. The summed E-state index contributed by atoms with van der Waals surface area (Å²) in [5.74, 6) is 0.170. The Hall–Kier alpha value is -4.25. The molecule has 0 saturated heterocycles. The number of rotatable bonds is 7. The summed E-state index contributed by atoms with van der Waals surface area (Å²) in [6, 6.07) is 15.4.